The van der Waals surface area contributed by atoms with Crippen LogP contribution >= 0.6 is 11.6 Å². The minimum atomic E-state index is -1.11. The molecule has 0 spiro atoms. The molecule has 3 aromatic rings. The van der Waals surface area contributed by atoms with Gasteiger partial charge in [0.2, 0.25) is 0 Å². The lowest BCUT2D eigenvalue weighted by Crippen LogP contribution is -2.34. The van der Waals surface area contributed by atoms with Gasteiger partial charge in [-0.05, 0) is 35.2 Å². The lowest BCUT2D eigenvalue weighted by molar-refractivity contribution is 0.0477. The second-order valence-corrected chi connectivity index (χ2v) is 6.45. The quantitative estimate of drug-likeness (QED) is 0.627. The molecule has 0 amide bonds. The molecule has 2 heteroatoms. The van der Waals surface area contributed by atoms with Crippen molar-refractivity contribution in [3.63, 3.8) is 0 Å². The number of hydrogen-bond acceptors (Lipinski definition) is 1. The second kappa shape index (κ2) is 7.21. The molecule has 0 aliphatic carbocycles. The van der Waals surface area contributed by atoms with E-state index in [1.54, 1.807) is 0 Å². The first-order valence-corrected chi connectivity index (χ1v) is 8.63. The third-order valence-electron chi connectivity index (χ3n) is 4.61. The van der Waals surface area contributed by atoms with Gasteiger partial charge in [-0.2, -0.15) is 0 Å². The summed E-state index contributed by atoms with van der Waals surface area (Å²) in [6.45, 7) is 2.11. The van der Waals surface area contributed by atoms with Crippen LogP contribution in [0.4, 0.5) is 0 Å². The zero-order chi connectivity index (χ0) is 17.0. The SMILES string of the molecule is CC[C@H](c1ccccc1)[C@@](O)(c1ccccc1)c1ccc(Cl)cc1. The van der Waals surface area contributed by atoms with Gasteiger partial charge in [0.15, 0.2) is 0 Å². The molecule has 0 aliphatic rings. The Morgan fingerprint density at radius 3 is 1.83 bits per heavy atom. The lowest BCUT2D eigenvalue weighted by atomic mass is 9.72. The first-order valence-electron chi connectivity index (χ1n) is 8.25. The van der Waals surface area contributed by atoms with Gasteiger partial charge in [0.05, 0.1) is 0 Å². The molecule has 3 rings (SSSR count). The predicted octanol–water partition coefficient (Wildman–Crippen LogP) is 5.77. The van der Waals surface area contributed by atoms with Gasteiger partial charge in [-0.15, -0.1) is 0 Å². The van der Waals surface area contributed by atoms with Crippen LogP contribution in [0.1, 0.15) is 36.0 Å². The van der Waals surface area contributed by atoms with Crippen LogP contribution in [-0.2, 0) is 5.60 Å². The highest BCUT2D eigenvalue weighted by molar-refractivity contribution is 6.30. The van der Waals surface area contributed by atoms with Crippen molar-refractivity contribution in [3.8, 4) is 0 Å². The van der Waals surface area contributed by atoms with E-state index in [9.17, 15) is 5.11 Å². The van der Waals surface area contributed by atoms with E-state index in [1.165, 1.54) is 0 Å². The molecule has 0 fully saturated rings. The lowest BCUT2D eigenvalue weighted by Gasteiger charge is -2.37. The number of benzene rings is 3. The van der Waals surface area contributed by atoms with Crippen molar-refractivity contribution in [2.75, 3.05) is 0 Å². The van der Waals surface area contributed by atoms with Gasteiger partial charge in [0.25, 0.3) is 0 Å². The second-order valence-electron chi connectivity index (χ2n) is 6.01. The van der Waals surface area contributed by atoms with E-state index >= 15 is 0 Å². The fourth-order valence-corrected chi connectivity index (χ4v) is 3.55. The third-order valence-corrected chi connectivity index (χ3v) is 4.86. The summed E-state index contributed by atoms with van der Waals surface area (Å²) < 4.78 is 0. The topological polar surface area (TPSA) is 20.2 Å². The minimum absolute atomic E-state index is 0.0534. The summed E-state index contributed by atoms with van der Waals surface area (Å²) in [6, 6.07) is 27.6. The molecule has 0 saturated carbocycles. The van der Waals surface area contributed by atoms with Crippen LogP contribution in [0.3, 0.4) is 0 Å². The van der Waals surface area contributed by atoms with Crippen LogP contribution in [0.5, 0.6) is 0 Å². The highest BCUT2D eigenvalue weighted by Gasteiger charge is 2.40. The molecule has 0 heterocycles. The van der Waals surface area contributed by atoms with Crippen molar-refractivity contribution >= 4 is 11.6 Å². The number of rotatable bonds is 5. The fraction of sp³-hybridized carbons (Fsp3) is 0.182. The fourth-order valence-electron chi connectivity index (χ4n) is 3.42. The third kappa shape index (κ3) is 3.10. The largest absolute Gasteiger partial charge is 0.380 e. The van der Waals surface area contributed by atoms with Gasteiger partial charge in [0.1, 0.15) is 5.60 Å². The summed E-state index contributed by atoms with van der Waals surface area (Å²) in [6.07, 6.45) is 0.817. The van der Waals surface area contributed by atoms with Gasteiger partial charge >= 0.3 is 0 Å². The molecule has 0 aliphatic heterocycles. The molecule has 3 aromatic carbocycles. The van der Waals surface area contributed by atoms with Gasteiger partial charge in [-0.3, -0.25) is 0 Å². The van der Waals surface area contributed by atoms with E-state index in [4.69, 9.17) is 11.6 Å². The summed E-state index contributed by atoms with van der Waals surface area (Å²) in [5.74, 6) is -0.0534. The molecule has 122 valence electrons. The summed E-state index contributed by atoms with van der Waals surface area (Å²) in [5.41, 5.74) is 1.76. The monoisotopic (exact) mass is 336 g/mol. The Morgan fingerprint density at radius 1 is 0.792 bits per heavy atom. The maximum atomic E-state index is 11.9. The van der Waals surface area contributed by atoms with Crippen molar-refractivity contribution in [2.45, 2.75) is 24.9 Å². The minimum Gasteiger partial charge on any atom is -0.380 e. The van der Waals surface area contributed by atoms with Crippen LogP contribution < -0.4 is 0 Å². The van der Waals surface area contributed by atoms with Crippen molar-refractivity contribution in [2.24, 2.45) is 0 Å². The summed E-state index contributed by atoms with van der Waals surface area (Å²) in [7, 11) is 0. The van der Waals surface area contributed by atoms with Gasteiger partial charge in [-0.1, -0.05) is 91.3 Å². The van der Waals surface area contributed by atoms with Crippen LogP contribution in [0.25, 0.3) is 0 Å². The molecule has 0 unspecified atom stereocenters. The van der Waals surface area contributed by atoms with Gasteiger partial charge in [-0.25, -0.2) is 0 Å². The standard InChI is InChI=1S/C22H21ClO/c1-2-21(17-9-5-3-6-10-17)22(24,18-11-7-4-8-12-18)19-13-15-20(23)16-14-19/h3-16,21,24H,2H2,1H3/t21-,22-/m1/s1. The Balaban J connectivity index is 2.20. The molecule has 0 saturated heterocycles. The molecular formula is C22H21ClO. The average Bonchev–Trinajstić information content (AvgIpc) is 2.64. The molecule has 1 N–H and O–H groups in total. The first kappa shape index (κ1) is 16.8. The van der Waals surface area contributed by atoms with E-state index in [0.29, 0.717) is 5.02 Å². The Kier molecular flexibility index (Phi) is 5.03. The van der Waals surface area contributed by atoms with Crippen molar-refractivity contribution in [1.29, 1.82) is 0 Å². The van der Waals surface area contributed by atoms with E-state index in [-0.39, 0.29) is 5.92 Å². The predicted molar refractivity (Wildman–Crippen MR) is 100 cm³/mol. The smallest absolute Gasteiger partial charge is 0.121 e. The van der Waals surface area contributed by atoms with Gasteiger partial charge in [0, 0.05) is 10.9 Å². The molecule has 0 radical (unpaired) electrons. The van der Waals surface area contributed by atoms with E-state index < -0.39 is 5.60 Å². The maximum Gasteiger partial charge on any atom is 0.121 e. The highest BCUT2D eigenvalue weighted by atomic mass is 35.5. The zero-order valence-electron chi connectivity index (χ0n) is 13.7. The normalized spacial score (nSPS) is 14.8. The number of halogens is 1. The maximum absolute atomic E-state index is 11.9. The number of aliphatic hydroxyl groups is 1. The molecule has 1 nitrogen and oxygen atoms in total. The van der Waals surface area contributed by atoms with Crippen LogP contribution in [0, 0.1) is 0 Å². The molecule has 0 bridgehead atoms. The Morgan fingerprint density at radius 2 is 1.29 bits per heavy atom. The zero-order valence-corrected chi connectivity index (χ0v) is 14.4. The van der Waals surface area contributed by atoms with Crippen molar-refractivity contribution < 1.29 is 5.11 Å². The summed E-state index contributed by atoms with van der Waals surface area (Å²) in [5, 5.41) is 12.6. The number of hydrogen-bond donors (Lipinski definition) is 1. The Labute approximate surface area is 148 Å². The van der Waals surface area contributed by atoms with E-state index in [0.717, 1.165) is 23.1 Å². The van der Waals surface area contributed by atoms with Crippen molar-refractivity contribution in [3.05, 3.63) is 107 Å². The van der Waals surface area contributed by atoms with Crippen LogP contribution in [0.15, 0.2) is 84.9 Å². The van der Waals surface area contributed by atoms with Crippen LogP contribution in [0.2, 0.25) is 5.02 Å². The van der Waals surface area contributed by atoms with Crippen molar-refractivity contribution in [1.82, 2.24) is 0 Å². The van der Waals surface area contributed by atoms with E-state index in [2.05, 4.69) is 19.1 Å². The first-order chi connectivity index (χ1) is 11.7. The van der Waals surface area contributed by atoms with Gasteiger partial charge < -0.3 is 5.11 Å². The summed E-state index contributed by atoms with van der Waals surface area (Å²) >= 11 is 6.06. The molecule has 2 atom stereocenters. The molecule has 0 aromatic heterocycles. The van der Waals surface area contributed by atoms with Crippen LogP contribution in [-0.4, -0.2) is 5.11 Å². The Hall–Kier alpha value is -2.09. The van der Waals surface area contributed by atoms with E-state index in [1.807, 2.05) is 72.8 Å². The highest BCUT2D eigenvalue weighted by Crippen LogP contribution is 2.44. The Bertz CT molecular complexity index is 768. The summed E-state index contributed by atoms with van der Waals surface area (Å²) in [4.78, 5) is 0. The molecule has 24 heavy (non-hydrogen) atoms. The molecular weight excluding hydrogens is 316 g/mol. The average molecular weight is 337 g/mol.